The fraction of sp³-hybridized carbons (Fsp3) is 0.556. The van der Waals surface area contributed by atoms with Crippen molar-refractivity contribution in [1.82, 2.24) is 4.90 Å². The minimum atomic E-state index is -1.33. The SMILES string of the molecule is NC(=O)CN(CC(=O)O)C(CCOC=O)C(=O)O. The second-order valence-corrected chi connectivity index (χ2v) is 3.37. The van der Waals surface area contributed by atoms with Gasteiger partial charge in [-0.25, -0.2) is 0 Å². The van der Waals surface area contributed by atoms with Crippen molar-refractivity contribution in [1.29, 1.82) is 0 Å². The summed E-state index contributed by atoms with van der Waals surface area (Å²) in [6.45, 7) is -1.21. The van der Waals surface area contributed by atoms with E-state index in [2.05, 4.69) is 4.74 Å². The predicted octanol–water partition coefficient (Wildman–Crippen LogP) is -2.13. The molecule has 0 saturated heterocycles. The summed E-state index contributed by atoms with van der Waals surface area (Å²) in [5, 5.41) is 17.6. The molecular weight excluding hydrogens is 248 g/mol. The van der Waals surface area contributed by atoms with Gasteiger partial charge < -0.3 is 20.7 Å². The molecule has 0 spiro atoms. The summed E-state index contributed by atoms with van der Waals surface area (Å²) in [7, 11) is 0. The molecule has 18 heavy (non-hydrogen) atoms. The van der Waals surface area contributed by atoms with Crippen molar-refractivity contribution in [2.24, 2.45) is 5.73 Å². The number of rotatable bonds is 10. The Balaban J connectivity index is 4.72. The Morgan fingerprint density at radius 3 is 2.28 bits per heavy atom. The summed E-state index contributed by atoms with van der Waals surface area (Å²) in [6.07, 6.45) is -0.144. The molecule has 4 N–H and O–H groups in total. The molecule has 102 valence electrons. The van der Waals surface area contributed by atoms with Gasteiger partial charge in [-0.15, -0.1) is 0 Å². The molecular formula is C9H14N2O7. The zero-order chi connectivity index (χ0) is 14.1. The Bertz CT molecular complexity index is 315. The van der Waals surface area contributed by atoms with E-state index >= 15 is 0 Å². The number of aliphatic carboxylic acids is 2. The van der Waals surface area contributed by atoms with Crippen molar-refractivity contribution in [2.75, 3.05) is 19.7 Å². The molecule has 0 bridgehead atoms. The number of amides is 1. The van der Waals surface area contributed by atoms with Crippen LogP contribution in [0.1, 0.15) is 6.42 Å². The molecule has 0 aromatic heterocycles. The molecule has 0 aliphatic heterocycles. The van der Waals surface area contributed by atoms with Crippen molar-refractivity contribution < 1.29 is 34.1 Å². The molecule has 1 unspecified atom stereocenters. The minimum absolute atomic E-state index is 0.144. The fourth-order valence-electron chi connectivity index (χ4n) is 1.34. The molecule has 1 atom stereocenters. The number of carboxylic acid groups (broad SMARTS) is 2. The lowest BCUT2D eigenvalue weighted by Crippen LogP contribution is -2.48. The van der Waals surface area contributed by atoms with Crippen LogP contribution in [-0.4, -0.2) is 65.2 Å². The summed E-state index contributed by atoms with van der Waals surface area (Å²) in [4.78, 5) is 43.1. The standard InChI is InChI=1S/C9H14N2O7/c10-7(13)3-11(4-8(14)15)6(9(16)17)1-2-18-5-12/h5-6H,1-4H2,(H2,10,13)(H,14,15)(H,16,17). The third kappa shape index (κ3) is 6.43. The third-order valence-electron chi connectivity index (χ3n) is 2.00. The number of carbonyl (C=O) groups excluding carboxylic acids is 2. The van der Waals surface area contributed by atoms with Gasteiger partial charge in [0.15, 0.2) is 0 Å². The highest BCUT2D eigenvalue weighted by atomic mass is 16.5. The van der Waals surface area contributed by atoms with Gasteiger partial charge in [0.2, 0.25) is 5.91 Å². The van der Waals surface area contributed by atoms with Gasteiger partial charge in [0.1, 0.15) is 6.04 Å². The van der Waals surface area contributed by atoms with Gasteiger partial charge in [-0.3, -0.25) is 24.1 Å². The largest absolute Gasteiger partial charge is 0.480 e. The molecule has 0 aliphatic rings. The van der Waals surface area contributed by atoms with Gasteiger partial charge >= 0.3 is 11.9 Å². The number of nitrogens with two attached hydrogens (primary N) is 1. The van der Waals surface area contributed by atoms with Gasteiger partial charge in [0, 0.05) is 6.42 Å². The van der Waals surface area contributed by atoms with Gasteiger partial charge in [0.25, 0.3) is 6.47 Å². The van der Waals surface area contributed by atoms with Crippen molar-refractivity contribution in [2.45, 2.75) is 12.5 Å². The van der Waals surface area contributed by atoms with Gasteiger partial charge in [-0.05, 0) is 0 Å². The van der Waals surface area contributed by atoms with E-state index < -0.39 is 37.0 Å². The van der Waals surface area contributed by atoms with E-state index in [0.29, 0.717) is 0 Å². The highest BCUT2D eigenvalue weighted by molar-refractivity contribution is 5.80. The Kier molecular flexibility index (Phi) is 7.05. The minimum Gasteiger partial charge on any atom is -0.480 e. The van der Waals surface area contributed by atoms with E-state index in [-0.39, 0.29) is 19.5 Å². The van der Waals surface area contributed by atoms with E-state index in [1.165, 1.54) is 0 Å². The molecule has 0 rings (SSSR count). The van der Waals surface area contributed by atoms with Gasteiger partial charge in [-0.1, -0.05) is 0 Å². The number of nitrogens with zero attached hydrogens (tertiary/aromatic N) is 1. The Labute approximate surface area is 102 Å². The van der Waals surface area contributed by atoms with Crippen molar-refractivity contribution in [3.8, 4) is 0 Å². The molecule has 0 aromatic carbocycles. The van der Waals surface area contributed by atoms with Crippen molar-refractivity contribution >= 4 is 24.3 Å². The number of primary amides is 1. The number of carboxylic acids is 2. The maximum absolute atomic E-state index is 11.0. The third-order valence-corrected chi connectivity index (χ3v) is 2.00. The zero-order valence-electron chi connectivity index (χ0n) is 9.44. The van der Waals surface area contributed by atoms with Crippen LogP contribution >= 0.6 is 0 Å². The maximum atomic E-state index is 11.0. The second-order valence-electron chi connectivity index (χ2n) is 3.37. The monoisotopic (exact) mass is 262 g/mol. The van der Waals surface area contributed by atoms with Crippen LogP contribution in [0.4, 0.5) is 0 Å². The molecule has 0 heterocycles. The van der Waals surface area contributed by atoms with Crippen molar-refractivity contribution in [3.05, 3.63) is 0 Å². The highest BCUT2D eigenvalue weighted by Crippen LogP contribution is 2.05. The maximum Gasteiger partial charge on any atom is 0.321 e. The lowest BCUT2D eigenvalue weighted by molar-refractivity contribution is -0.148. The van der Waals surface area contributed by atoms with E-state index in [4.69, 9.17) is 15.9 Å². The molecule has 0 aromatic rings. The normalized spacial score (nSPS) is 11.8. The highest BCUT2D eigenvalue weighted by Gasteiger charge is 2.28. The fourth-order valence-corrected chi connectivity index (χ4v) is 1.34. The van der Waals surface area contributed by atoms with Crippen LogP contribution in [-0.2, 0) is 23.9 Å². The number of ether oxygens (including phenoxy) is 1. The summed E-state index contributed by atoms with van der Waals surface area (Å²) in [5.41, 5.74) is 4.91. The lowest BCUT2D eigenvalue weighted by atomic mass is 10.1. The second kappa shape index (κ2) is 8.01. The summed E-state index contributed by atoms with van der Waals surface area (Å²) in [6, 6.07) is -1.27. The van der Waals surface area contributed by atoms with Crippen LogP contribution < -0.4 is 5.73 Å². The summed E-state index contributed by atoms with van der Waals surface area (Å²) < 4.78 is 4.34. The molecule has 0 radical (unpaired) electrons. The molecule has 0 saturated carbocycles. The molecule has 0 fully saturated rings. The van der Waals surface area contributed by atoms with E-state index in [1.54, 1.807) is 0 Å². The smallest absolute Gasteiger partial charge is 0.321 e. The van der Waals surface area contributed by atoms with Crippen LogP contribution in [0.2, 0.25) is 0 Å². The van der Waals surface area contributed by atoms with E-state index in [1.807, 2.05) is 0 Å². The Morgan fingerprint density at radius 2 is 1.89 bits per heavy atom. The van der Waals surface area contributed by atoms with Crippen LogP contribution in [0, 0.1) is 0 Å². The van der Waals surface area contributed by atoms with Gasteiger partial charge in [0.05, 0.1) is 19.7 Å². The first-order valence-electron chi connectivity index (χ1n) is 4.90. The first-order valence-corrected chi connectivity index (χ1v) is 4.90. The first-order chi connectivity index (χ1) is 8.38. The molecule has 9 nitrogen and oxygen atoms in total. The molecule has 1 amide bonds. The lowest BCUT2D eigenvalue weighted by Gasteiger charge is -2.25. The van der Waals surface area contributed by atoms with Crippen molar-refractivity contribution in [3.63, 3.8) is 0 Å². The van der Waals surface area contributed by atoms with E-state index in [0.717, 1.165) is 4.90 Å². The zero-order valence-corrected chi connectivity index (χ0v) is 9.44. The van der Waals surface area contributed by atoms with Crippen LogP contribution in [0.5, 0.6) is 0 Å². The average molecular weight is 262 g/mol. The average Bonchev–Trinajstić information content (AvgIpc) is 2.21. The summed E-state index contributed by atoms with van der Waals surface area (Å²) in [5.74, 6) is -3.47. The molecule has 0 aliphatic carbocycles. The first kappa shape index (κ1) is 15.8. The van der Waals surface area contributed by atoms with Crippen LogP contribution in [0.25, 0.3) is 0 Å². The van der Waals surface area contributed by atoms with Crippen LogP contribution in [0.3, 0.4) is 0 Å². The Morgan fingerprint density at radius 1 is 1.28 bits per heavy atom. The quantitative estimate of drug-likeness (QED) is 0.299. The van der Waals surface area contributed by atoms with Gasteiger partial charge in [-0.2, -0.15) is 0 Å². The van der Waals surface area contributed by atoms with E-state index in [9.17, 15) is 19.2 Å². The topological polar surface area (TPSA) is 147 Å². The molecule has 9 heteroatoms. The summed E-state index contributed by atoms with van der Waals surface area (Å²) >= 11 is 0. The predicted molar refractivity (Wildman–Crippen MR) is 56.5 cm³/mol. The number of hydrogen-bond acceptors (Lipinski definition) is 6. The Hall–Kier alpha value is -2.16. The van der Waals surface area contributed by atoms with Crippen LogP contribution in [0.15, 0.2) is 0 Å². The number of carbonyl (C=O) groups is 4. The number of hydrogen-bond donors (Lipinski definition) is 3.